The van der Waals surface area contributed by atoms with Gasteiger partial charge in [0.05, 0.1) is 18.2 Å². The van der Waals surface area contributed by atoms with E-state index < -0.39 is 6.10 Å². The third kappa shape index (κ3) is 4.72. The molecular formula is C16H24N2O3. The normalized spacial score (nSPS) is 19.5. The number of carbonyl (C=O) groups excluding carboxylic acids is 1. The van der Waals surface area contributed by atoms with E-state index in [2.05, 4.69) is 10.6 Å². The Morgan fingerprint density at radius 2 is 2.14 bits per heavy atom. The summed E-state index contributed by atoms with van der Waals surface area (Å²) in [6.45, 7) is 5.05. The molecule has 0 spiro atoms. The molecule has 0 aliphatic carbocycles. The van der Waals surface area contributed by atoms with Gasteiger partial charge in [-0.05, 0) is 50.9 Å². The first-order valence-corrected chi connectivity index (χ1v) is 7.52. The molecule has 1 aromatic carbocycles. The van der Waals surface area contributed by atoms with Crippen LogP contribution in [0.2, 0.25) is 0 Å². The number of ether oxygens (including phenoxy) is 1. The summed E-state index contributed by atoms with van der Waals surface area (Å²) in [6, 6.07) is 7.20. The molecule has 0 bridgehead atoms. The van der Waals surface area contributed by atoms with Gasteiger partial charge in [-0.15, -0.1) is 0 Å². The summed E-state index contributed by atoms with van der Waals surface area (Å²) in [5.74, 6) is 0.742. The molecule has 1 aromatic rings. The van der Waals surface area contributed by atoms with Gasteiger partial charge in [-0.1, -0.05) is 12.1 Å². The Hall–Kier alpha value is -1.59. The Balaban J connectivity index is 1.82. The number of rotatable bonds is 6. The summed E-state index contributed by atoms with van der Waals surface area (Å²) in [5.41, 5.74) is 0.769. The van der Waals surface area contributed by atoms with E-state index in [9.17, 15) is 9.90 Å². The fourth-order valence-electron chi connectivity index (χ4n) is 2.39. The van der Waals surface area contributed by atoms with Crippen molar-refractivity contribution in [2.45, 2.75) is 44.9 Å². The second-order valence-electron chi connectivity index (χ2n) is 5.65. The van der Waals surface area contributed by atoms with Gasteiger partial charge < -0.3 is 20.5 Å². The van der Waals surface area contributed by atoms with Crippen molar-refractivity contribution < 1.29 is 14.6 Å². The van der Waals surface area contributed by atoms with Gasteiger partial charge in [-0.25, -0.2) is 0 Å². The van der Waals surface area contributed by atoms with Crippen LogP contribution in [-0.2, 0) is 4.79 Å². The van der Waals surface area contributed by atoms with Gasteiger partial charge in [0.15, 0.2) is 0 Å². The highest BCUT2D eigenvalue weighted by Crippen LogP contribution is 2.18. The molecule has 5 heteroatoms. The van der Waals surface area contributed by atoms with E-state index in [4.69, 9.17) is 4.74 Å². The standard InChI is InChI=1S/C16H24N2O3/c1-11(2)21-13-7-5-12(6-8-13)15(19)10-18-16(20)14-4-3-9-17-14/h5-8,11,14-15,17,19H,3-4,9-10H2,1-2H3,(H,18,20)/t14-,15?/m0/s1. The third-order valence-electron chi connectivity index (χ3n) is 3.48. The van der Waals surface area contributed by atoms with E-state index in [1.165, 1.54) is 0 Å². The summed E-state index contributed by atoms with van der Waals surface area (Å²) >= 11 is 0. The molecule has 1 heterocycles. The van der Waals surface area contributed by atoms with Crippen LogP contribution in [0.5, 0.6) is 5.75 Å². The van der Waals surface area contributed by atoms with E-state index in [1.54, 1.807) is 0 Å². The number of aliphatic hydroxyl groups is 1. The molecule has 21 heavy (non-hydrogen) atoms. The Kier molecular flexibility index (Phi) is 5.59. The first-order chi connectivity index (χ1) is 10.1. The molecule has 1 aliphatic rings. The average molecular weight is 292 g/mol. The van der Waals surface area contributed by atoms with Crippen molar-refractivity contribution in [3.05, 3.63) is 29.8 Å². The molecule has 1 saturated heterocycles. The molecule has 3 N–H and O–H groups in total. The number of hydrogen-bond donors (Lipinski definition) is 3. The molecule has 1 aliphatic heterocycles. The van der Waals surface area contributed by atoms with Crippen molar-refractivity contribution in [3.63, 3.8) is 0 Å². The number of carbonyl (C=O) groups is 1. The number of aliphatic hydroxyl groups excluding tert-OH is 1. The molecule has 1 fully saturated rings. The van der Waals surface area contributed by atoms with Crippen molar-refractivity contribution in [3.8, 4) is 5.75 Å². The van der Waals surface area contributed by atoms with Crippen LogP contribution in [-0.4, -0.2) is 36.2 Å². The zero-order valence-corrected chi connectivity index (χ0v) is 12.6. The van der Waals surface area contributed by atoms with E-state index in [0.717, 1.165) is 30.7 Å². The number of nitrogens with one attached hydrogen (secondary N) is 2. The lowest BCUT2D eigenvalue weighted by Gasteiger charge is -2.16. The van der Waals surface area contributed by atoms with Crippen LogP contribution < -0.4 is 15.4 Å². The summed E-state index contributed by atoms with van der Waals surface area (Å²) in [4.78, 5) is 11.9. The maximum atomic E-state index is 11.9. The van der Waals surface area contributed by atoms with E-state index in [1.807, 2.05) is 38.1 Å². The van der Waals surface area contributed by atoms with Crippen molar-refractivity contribution in [2.75, 3.05) is 13.1 Å². The smallest absolute Gasteiger partial charge is 0.237 e. The molecule has 5 nitrogen and oxygen atoms in total. The second kappa shape index (κ2) is 7.43. The van der Waals surface area contributed by atoms with Crippen LogP contribution in [0.25, 0.3) is 0 Å². The summed E-state index contributed by atoms with van der Waals surface area (Å²) in [7, 11) is 0. The van der Waals surface area contributed by atoms with Gasteiger partial charge >= 0.3 is 0 Å². The lowest BCUT2D eigenvalue weighted by atomic mass is 10.1. The predicted octanol–water partition coefficient (Wildman–Crippen LogP) is 1.38. The Bertz CT molecular complexity index is 453. The molecule has 2 atom stereocenters. The molecular weight excluding hydrogens is 268 g/mol. The molecule has 0 radical (unpaired) electrons. The first kappa shape index (κ1) is 15.8. The van der Waals surface area contributed by atoms with E-state index >= 15 is 0 Å². The lowest BCUT2D eigenvalue weighted by Crippen LogP contribution is -2.41. The molecule has 116 valence electrons. The van der Waals surface area contributed by atoms with Crippen LogP contribution >= 0.6 is 0 Å². The van der Waals surface area contributed by atoms with Gasteiger partial charge in [0.25, 0.3) is 0 Å². The number of amides is 1. The Labute approximate surface area is 125 Å². The maximum absolute atomic E-state index is 11.9. The van der Waals surface area contributed by atoms with Crippen molar-refractivity contribution in [2.24, 2.45) is 0 Å². The van der Waals surface area contributed by atoms with Crippen LogP contribution in [0.4, 0.5) is 0 Å². The topological polar surface area (TPSA) is 70.6 Å². The number of hydrogen-bond acceptors (Lipinski definition) is 4. The quantitative estimate of drug-likeness (QED) is 0.741. The molecule has 2 rings (SSSR count). The van der Waals surface area contributed by atoms with Crippen LogP contribution in [0, 0.1) is 0 Å². The molecule has 0 saturated carbocycles. The lowest BCUT2D eigenvalue weighted by molar-refractivity contribution is -0.123. The minimum absolute atomic E-state index is 0.0358. The van der Waals surface area contributed by atoms with Crippen LogP contribution in [0.1, 0.15) is 38.4 Å². The summed E-state index contributed by atoms with van der Waals surface area (Å²) in [5, 5.41) is 16.0. The molecule has 1 unspecified atom stereocenters. The van der Waals surface area contributed by atoms with Crippen molar-refractivity contribution in [1.82, 2.24) is 10.6 Å². The minimum atomic E-state index is -0.705. The summed E-state index contributed by atoms with van der Waals surface area (Å²) in [6.07, 6.45) is 1.31. The van der Waals surface area contributed by atoms with Crippen molar-refractivity contribution in [1.29, 1.82) is 0 Å². The average Bonchev–Trinajstić information content (AvgIpc) is 2.99. The van der Waals surface area contributed by atoms with Crippen molar-refractivity contribution >= 4 is 5.91 Å². The zero-order valence-electron chi connectivity index (χ0n) is 12.6. The van der Waals surface area contributed by atoms with Crippen LogP contribution in [0.15, 0.2) is 24.3 Å². The maximum Gasteiger partial charge on any atom is 0.237 e. The fourth-order valence-corrected chi connectivity index (χ4v) is 2.39. The fraction of sp³-hybridized carbons (Fsp3) is 0.562. The van der Waals surface area contributed by atoms with Gasteiger partial charge in [-0.3, -0.25) is 4.79 Å². The SMILES string of the molecule is CC(C)Oc1ccc(C(O)CNC(=O)[C@@H]2CCCN2)cc1. The largest absolute Gasteiger partial charge is 0.491 e. The van der Waals surface area contributed by atoms with E-state index in [0.29, 0.717) is 0 Å². The first-order valence-electron chi connectivity index (χ1n) is 7.52. The Morgan fingerprint density at radius 3 is 2.71 bits per heavy atom. The monoisotopic (exact) mass is 292 g/mol. The Morgan fingerprint density at radius 1 is 1.43 bits per heavy atom. The summed E-state index contributed by atoms with van der Waals surface area (Å²) < 4.78 is 5.55. The van der Waals surface area contributed by atoms with E-state index in [-0.39, 0.29) is 24.6 Å². The third-order valence-corrected chi connectivity index (χ3v) is 3.48. The van der Waals surface area contributed by atoms with Gasteiger partial charge in [0, 0.05) is 6.54 Å². The minimum Gasteiger partial charge on any atom is -0.491 e. The number of benzene rings is 1. The van der Waals surface area contributed by atoms with Gasteiger partial charge in [0.2, 0.25) is 5.91 Å². The highest BCUT2D eigenvalue weighted by Gasteiger charge is 2.22. The highest BCUT2D eigenvalue weighted by molar-refractivity contribution is 5.82. The molecule has 0 aromatic heterocycles. The molecule has 1 amide bonds. The zero-order chi connectivity index (χ0) is 15.2. The predicted molar refractivity (Wildman–Crippen MR) is 81.2 cm³/mol. The van der Waals surface area contributed by atoms with Crippen LogP contribution in [0.3, 0.4) is 0 Å². The second-order valence-corrected chi connectivity index (χ2v) is 5.65. The van der Waals surface area contributed by atoms with Gasteiger partial charge in [-0.2, -0.15) is 0 Å². The highest BCUT2D eigenvalue weighted by atomic mass is 16.5. The van der Waals surface area contributed by atoms with Gasteiger partial charge in [0.1, 0.15) is 5.75 Å².